The van der Waals surface area contributed by atoms with Gasteiger partial charge in [0.2, 0.25) is 5.91 Å². The summed E-state index contributed by atoms with van der Waals surface area (Å²) in [5.41, 5.74) is 0. The van der Waals surface area contributed by atoms with Gasteiger partial charge in [-0.2, -0.15) is 0 Å². The number of aliphatic hydroxyl groups is 3. The summed E-state index contributed by atoms with van der Waals surface area (Å²) in [5.74, 6) is -0.508. The van der Waals surface area contributed by atoms with Crippen molar-refractivity contribution in [2.75, 3.05) is 6.61 Å². The molecule has 0 aliphatic rings. The van der Waals surface area contributed by atoms with Gasteiger partial charge in [0.15, 0.2) is 0 Å². The van der Waals surface area contributed by atoms with Crippen molar-refractivity contribution in [3.63, 3.8) is 0 Å². The van der Waals surface area contributed by atoms with Gasteiger partial charge < -0.3 is 20.6 Å². The Morgan fingerprint density at radius 3 is 0.884 bits per heavy atom. The summed E-state index contributed by atoms with van der Waals surface area (Å²) in [6.45, 7) is 4.21. The molecule has 0 bridgehead atoms. The molecule has 0 aromatic heterocycles. The number of rotatable bonds is 58. The highest BCUT2D eigenvalue weighted by atomic mass is 16.3. The highest BCUT2D eigenvalue weighted by molar-refractivity contribution is 5.80. The summed E-state index contributed by atoms with van der Waals surface area (Å²) in [6, 6.07) is -0.814. The Kier molecular flexibility index (Phi) is 57.9. The molecule has 0 saturated heterocycles. The fourth-order valence-corrected chi connectivity index (χ4v) is 9.85. The molecule has 0 radical (unpaired) electrons. The predicted octanol–water partition coefficient (Wildman–Crippen LogP) is 19.8. The zero-order valence-electron chi connectivity index (χ0n) is 46.7. The maximum absolute atomic E-state index is 12.6. The molecule has 0 aromatic rings. The van der Waals surface area contributed by atoms with Gasteiger partial charge in [-0.05, 0) is 57.8 Å². The second kappa shape index (κ2) is 59.1. The predicted molar refractivity (Wildman–Crippen MR) is 305 cm³/mol. The molecular formula is C64H123NO4. The van der Waals surface area contributed by atoms with Crippen molar-refractivity contribution in [1.82, 2.24) is 5.32 Å². The van der Waals surface area contributed by atoms with E-state index in [0.717, 1.165) is 38.5 Å². The van der Waals surface area contributed by atoms with E-state index in [4.69, 9.17) is 0 Å². The van der Waals surface area contributed by atoms with E-state index in [1.807, 2.05) is 6.08 Å². The van der Waals surface area contributed by atoms with E-state index in [1.165, 1.54) is 283 Å². The molecule has 0 heterocycles. The number of carbonyl (C=O) groups is 1. The Labute approximate surface area is 432 Å². The molecule has 5 nitrogen and oxygen atoms in total. The second-order valence-corrected chi connectivity index (χ2v) is 21.6. The van der Waals surface area contributed by atoms with E-state index < -0.39 is 24.2 Å². The van der Waals surface area contributed by atoms with Gasteiger partial charge in [0.1, 0.15) is 6.10 Å². The number of allylic oxidation sites excluding steroid dienone is 5. The van der Waals surface area contributed by atoms with Crippen LogP contribution in [0.15, 0.2) is 36.5 Å². The quantitative estimate of drug-likeness (QED) is 0.0361. The molecule has 3 unspecified atom stereocenters. The van der Waals surface area contributed by atoms with E-state index in [9.17, 15) is 20.1 Å². The average molecular weight is 971 g/mol. The fraction of sp³-hybridized carbons (Fsp3) is 0.891. The van der Waals surface area contributed by atoms with Gasteiger partial charge >= 0.3 is 0 Å². The van der Waals surface area contributed by atoms with Gasteiger partial charge in [-0.25, -0.2) is 0 Å². The summed E-state index contributed by atoms with van der Waals surface area (Å²) in [4.78, 5) is 12.6. The zero-order valence-corrected chi connectivity index (χ0v) is 46.7. The van der Waals surface area contributed by atoms with E-state index in [1.54, 1.807) is 6.08 Å². The van der Waals surface area contributed by atoms with Crippen LogP contribution in [0.4, 0.5) is 0 Å². The summed E-state index contributed by atoms with van der Waals surface area (Å²) >= 11 is 0. The largest absolute Gasteiger partial charge is 0.394 e. The third-order valence-electron chi connectivity index (χ3n) is 14.7. The highest BCUT2D eigenvalue weighted by Gasteiger charge is 2.22. The monoisotopic (exact) mass is 970 g/mol. The molecule has 69 heavy (non-hydrogen) atoms. The van der Waals surface area contributed by atoms with Crippen molar-refractivity contribution in [3.05, 3.63) is 36.5 Å². The second-order valence-electron chi connectivity index (χ2n) is 21.6. The number of nitrogens with one attached hydrogen (secondary N) is 1. The first-order valence-electron chi connectivity index (χ1n) is 31.3. The van der Waals surface area contributed by atoms with Crippen molar-refractivity contribution in [2.24, 2.45) is 0 Å². The van der Waals surface area contributed by atoms with E-state index >= 15 is 0 Å². The zero-order chi connectivity index (χ0) is 50.0. The molecule has 1 amide bonds. The standard InChI is InChI=1S/C64H123NO4/c1-3-5-7-9-11-13-15-17-19-21-23-24-25-26-27-28-29-30-31-32-33-34-35-36-37-38-39-41-43-45-47-49-51-53-55-57-59-63(68)64(69)65-61(60-66)62(67)58-56-54-52-50-48-46-44-42-40-22-20-18-16-14-12-10-8-6-4-2/h30-31,48,50,56,58,61-63,66-68H,3-29,32-47,49,51-55,57,59-60H2,1-2H3,(H,65,69)/b31-30-,50-48+,58-56+. The van der Waals surface area contributed by atoms with Crippen LogP contribution in [-0.4, -0.2) is 46.1 Å². The third-order valence-corrected chi connectivity index (χ3v) is 14.7. The Morgan fingerprint density at radius 2 is 0.594 bits per heavy atom. The van der Waals surface area contributed by atoms with Crippen LogP contribution in [0.5, 0.6) is 0 Å². The molecule has 0 aliphatic carbocycles. The van der Waals surface area contributed by atoms with Crippen LogP contribution in [-0.2, 0) is 4.79 Å². The molecule has 4 N–H and O–H groups in total. The lowest BCUT2D eigenvalue weighted by Gasteiger charge is -2.21. The van der Waals surface area contributed by atoms with Crippen molar-refractivity contribution < 1.29 is 20.1 Å². The summed E-state index contributed by atoms with van der Waals surface area (Å²) in [7, 11) is 0. The Hall–Kier alpha value is -1.43. The lowest BCUT2D eigenvalue weighted by Crippen LogP contribution is -2.48. The van der Waals surface area contributed by atoms with Gasteiger partial charge in [0, 0.05) is 0 Å². The van der Waals surface area contributed by atoms with Crippen LogP contribution in [0.1, 0.15) is 341 Å². The maximum Gasteiger partial charge on any atom is 0.249 e. The number of amides is 1. The Morgan fingerprint density at radius 1 is 0.348 bits per heavy atom. The number of hydrogen-bond acceptors (Lipinski definition) is 4. The minimum Gasteiger partial charge on any atom is -0.394 e. The lowest BCUT2D eigenvalue weighted by molar-refractivity contribution is -0.131. The molecular weight excluding hydrogens is 847 g/mol. The lowest BCUT2D eigenvalue weighted by atomic mass is 10.0. The molecule has 0 aromatic carbocycles. The smallest absolute Gasteiger partial charge is 0.249 e. The normalized spacial score (nSPS) is 13.4. The first kappa shape index (κ1) is 67.6. The molecule has 0 saturated carbocycles. The summed E-state index contributed by atoms with van der Waals surface area (Å²) in [5, 5.41) is 33.4. The number of aliphatic hydroxyl groups excluding tert-OH is 3. The minimum atomic E-state index is -1.11. The molecule has 0 spiro atoms. The number of unbranched alkanes of at least 4 members (excludes halogenated alkanes) is 46. The van der Waals surface area contributed by atoms with E-state index in [2.05, 4.69) is 43.5 Å². The average Bonchev–Trinajstić information content (AvgIpc) is 3.35. The van der Waals surface area contributed by atoms with Crippen LogP contribution in [0.3, 0.4) is 0 Å². The first-order valence-corrected chi connectivity index (χ1v) is 31.3. The Bertz CT molecular complexity index is 1070. The fourth-order valence-electron chi connectivity index (χ4n) is 9.85. The van der Waals surface area contributed by atoms with Gasteiger partial charge in [-0.1, -0.05) is 320 Å². The van der Waals surface area contributed by atoms with Crippen molar-refractivity contribution in [1.29, 1.82) is 0 Å². The SMILES string of the molecule is CCCCCCCCCCCCCCC/C=C/CC/C=C/C(O)C(CO)NC(=O)C(O)CCCCCCCCCCCCCCCCCC/C=C\CCCCCCCCCCCCCCCCCC. The maximum atomic E-state index is 12.6. The first-order chi connectivity index (χ1) is 34.1. The molecule has 3 atom stereocenters. The molecule has 0 fully saturated rings. The van der Waals surface area contributed by atoms with E-state index in [-0.39, 0.29) is 6.61 Å². The van der Waals surface area contributed by atoms with Crippen molar-refractivity contribution in [3.8, 4) is 0 Å². The molecule has 408 valence electrons. The molecule has 5 heteroatoms. The summed E-state index contributed by atoms with van der Waals surface area (Å²) < 4.78 is 0. The van der Waals surface area contributed by atoms with Crippen molar-refractivity contribution in [2.45, 2.75) is 360 Å². The van der Waals surface area contributed by atoms with Crippen molar-refractivity contribution >= 4 is 5.91 Å². The molecule has 0 rings (SSSR count). The Balaban J connectivity index is 3.51. The van der Waals surface area contributed by atoms with E-state index in [0.29, 0.717) is 6.42 Å². The van der Waals surface area contributed by atoms with Gasteiger partial charge in [0.25, 0.3) is 0 Å². The van der Waals surface area contributed by atoms with Gasteiger partial charge in [-0.15, -0.1) is 0 Å². The van der Waals surface area contributed by atoms with Gasteiger partial charge in [0.05, 0.1) is 18.8 Å². The third kappa shape index (κ3) is 54.2. The van der Waals surface area contributed by atoms with Crippen LogP contribution >= 0.6 is 0 Å². The highest BCUT2D eigenvalue weighted by Crippen LogP contribution is 2.18. The van der Waals surface area contributed by atoms with Crippen LogP contribution in [0.2, 0.25) is 0 Å². The number of carbonyl (C=O) groups excluding carboxylic acids is 1. The minimum absolute atomic E-state index is 0.374. The summed E-state index contributed by atoms with van der Waals surface area (Å²) in [6.07, 6.45) is 78.3. The van der Waals surface area contributed by atoms with Gasteiger partial charge in [-0.3, -0.25) is 4.79 Å². The topological polar surface area (TPSA) is 89.8 Å². The number of hydrogen-bond donors (Lipinski definition) is 4. The van der Waals surface area contributed by atoms with Crippen LogP contribution < -0.4 is 5.32 Å². The molecule has 0 aliphatic heterocycles. The van der Waals surface area contributed by atoms with Crippen LogP contribution in [0.25, 0.3) is 0 Å². The van der Waals surface area contributed by atoms with Crippen LogP contribution in [0, 0.1) is 0 Å².